The molecule has 0 fully saturated rings. The Labute approximate surface area is 98.1 Å². The summed E-state index contributed by atoms with van der Waals surface area (Å²) in [5.41, 5.74) is 0. The van der Waals surface area contributed by atoms with Gasteiger partial charge in [-0.25, -0.2) is 0 Å². The number of carboxylic acids is 1. The fourth-order valence-corrected chi connectivity index (χ4v) is 0.873. The van der Waals surface area contributed by atoms with Crippen molar-refractivity contribution in [1.29, 1.82) is 0 Å². The number of carbonyl (C=O) groups excluding carboxylic acids is 1. The topological polar surface area (TPSA) is 100 Å². The van der Waals surface area contributed by atoms with Crippen molar-refractivity contribution in [3.63, 3.8) is 0 Å². The Hall–Kier alpha value is 0.260. The molecular formula is C8H17InO4. The predicted molar refractivity (Wildman–Crippen MR) is 48.0 cm³/mol. The third kappa shape index (κ3) is 24.5. The van der Waals surface area contributed by atoms with Crippen LogP contribution in [0.2, 0.25) is 0 Å². The van der Waals surface area contributed by atoms with Crippen molar-refractivity contribution in [2.24, 2.45) is 0 Å². The first-order valence-electron chi connectivity index (χ1n) is 3.97. The van der Waals surface area contributed by atoms with Crippen LogP contribution < -0.4 is 5.11 Å². The summed E-state index contributed by atoms with van der Waals surface area (Å²) < 4.78 is 0. The van der Waals surface area contributed by atoms with E-state index in [0.29, 0.717) is 0 Å². The predicted octanol–water partition coefficient (Wildman–Crippen LogP) is 0.362. The summed E-state index contributed by atoms with van der Waals surface area (Å²) in [5.74, 6) is -0.920. The Morgan fingerprint density at radius 1 is 1.08 bits per heavy atom. The van der Waals surface area contributed by atoms with Gasteiger partial charge < -0.3 is 20.9 Å². The molecule has 0 heterocycles. The molecule has 0 unspecified atom stereocenters. The van der Waals surface area contributed by atoms with Crippen molar-refractivity contribution in [3.8, 4) is 0 Å². The Balaban J connectivity index is -0.000000135. The van der Waals surface area contributed by atoms with E-state index in [4.69, 9.17) is 0 Å². The van der Waals surface area contributed by atoms with E-state index in [9.17, 15) is 9.90 Å². The molecule has 0 aromatic carbocycles. The van der Waals surface area contributed by atoms with Gasteiger partial charge in [0, 0.05) is 5.97 Å². The Kier molecular flexibility index (Phi) is 32.4. The maximum Gasteiger partial charge on any atom is 3.00 e. The Bertz CT molecular complexity index is 98.1. The molecule has 0 aromatic heterocycles. The van der Waals surface area contributed by atoms with E-state index in [1.807, 2.05) is 0 Å². The third-order valence-electron chi connectivity index (χ3n) is 1.48. The van der Waals surface area contributed by atoms with Crippen molar-refractivity contribution in [1.82, 2.24) is 0 Å². The molecule has 0 rings (SSSR count). The Morgan fingerprint density at radius 2 is 1.54 bits per heavy atom. The van der Waals surface area contributed by atoms with Gasteiger partial charge in [-0.1, -0.05) is 32.6 Å². The van der Waals surface area contributed by atoms with E-state index >= 15 is 0 Å². The summed E-state index contributed by atoms with van der Waals surface area (Å²) >= 11 is 0. The summed E-state index contributed by atoms with van der Waals surface area (Å²) in [7, 11) is 0. The zero-order valence-corrected chi connectivity index (χ0v) is 11.3. The second-order valence-electron chi connectivity index (χ2n) is 2.54. The summed E-state index contributed by atoms with van der Waals surface area (Å²) in [4.78, 5) is 9.92. The van der Waals surface area contributed by atoms with Gasteiger partial charge >= 0.3 is 25.8 Å². The number of hydrogen-bond acceptors (Lipinski definition) is 4. The maximum absolute atomic E-state index is 9.92. The van der Waals surface area contributed by atoms with Crippen molar-refractivity contribution >= 4 is 31.8 Å². The molecule has 13 heavy (non-hydrogen) atoms. The molecule has 0 radical (unpaired) electrons. The van der Waals surface area contributed by atoms with Crippen LogP contribution >= 0.6 is 0 Å². The molecule has 0 atom stereocenters. The van der Waals surface area contributed by atoms with Crippen LogP contribution in [0.25, 0.3) is 0 Å². The molecule has 0 aliphatic carbocycles. The SMILES string of the molecule is CCCCCCCC(=O)[O-].[In+3].[OH-].[OH-]. The van der Waals surface area contributed by atoms with Gasteiger partial charge in [-0.2, -0.15) is 0 Å². The van der Waals surface area contributed by atoms with Gasteiger partial charge in [0.1, 0.15) is 0 Å². The monoisotopic (exact) mass is 292 g/mol. The first-order valence-corrected chi connectivity index (χ1v) is 3.97. The normalized spacial score (nSPS) is 7.46. The van der Waals surface area contributed by atoms with Crippen LogP contribution in [-0.2, 0) is 4.79 Å². The molecule has 2 N–H and O–H groups in total. The minimum absolute atomic E-state index is 0. The fraction of sp³-hybridized carbons (Fsp3) is 0.875. The van der Waals surface area contributed by atoms with Crippen molar-refractivity contribution in [2.45, 2.75) is 45.4 Å². The molecule has 0 bridgehead atoms. The Morgan fingerprint density at radius 3 is 1.92 bits per heavy atom. The third-order valence-corrected chi connectivity index (χ3v) is 1.48. The van der Waals surface area contributed by atoms with E-state index in [0.717, 1.165) is 19.3 Å². The van der Waals surface area contributed by atoms with Crippen molar-refractivity contribution < 1.29 is 20.9 Å². The minimum atomic E-state index is -0.920. The largest absolute Gasteiger partial charge is 3.00 e. The molecule has 0 amide bonds. The number of unbranched alkanes of at least 4 members (excludes halogenated alkanes) is 4. The van der Waals surface area contributed by atoms with E-state index in [2.05, 4.69) is 6.92 Å². The van der Waals surface area contributed by atoms with E-state index in [-0.39, 0.29) is 43.2 Å². The van der Waals surface area contributed by atoms with Crippen LogP contribution in [0, 0.1) is 0 Å². The summed E-state index contributed by atoms with van der Waals surface area (Å²) in [6, 6.07) is 0. The molecule has 0 aliphatic rings. The zero-order valence-electron chi connectivity index (χ0n) is 8.03. The summed E-state index contributed by atoms with van der Waals surface area (Å²) in [6.07, 6.45) is 5.61. The molecule has 5 heteroatoms. The molecule has 76 valence electrons. The number of rotatable bonds is 6. The van der Waals surface area contributed by atoms with Crippen LogP contribution in [0.3, 0.4) is 0 Å². The number of carbonyl (C=O) groups is 1. The average molecular weight is 292 g/mol. The quantitative estimate of drug-likeness (QED) is 0.660. The van der Waals surface area contributed by atoms with Crippen LogP contribution in [0.1, 0.15) is 45.4 Å². The van der Waals surface area contributed by atoms with Gasteiger partial charge in [0.05, 0.1) is 0 Å². The van der Waals surface area contributed by atoms with Gasteiger partial charge in [-0.3, -0.25) is 0 Å². The van der Waals surface area contributed by atoms with Crippen LogP contribution in [0.5, 0.6) is 0 Å². The molecule has 4 nitrogen and oxygen atoms in total. The molecular weight excluding hydrogens is 275 g/mol. The first-order chi connectivity index (χ1) is 4.77. The molecule has 0 saturated carbocycles. The molecule has 0 saturated heterocycles. The van der Waals surface area contributed by atoms with Crippen LogP contribution in [-0.4, -0.2) is 42.8 Å². The zero-order chi connectivity index (χ0) is 7.82. The minimum Gasteiger partial charge on any atom is -0.870 e. The van der Waals surface area contributed by atoms with Gasteiger partial charge in [-0.15, -0.1) is 0 Å². The number of aliphatic carboxylic acids is 1. The van der Waals surface area contributed by atoms with Crippen molar-refractivity contribution in [2.75, 3.05) is 0 Å². The second kappa shape index (κ2) is 18.1. The second-order valence-corrected chi connectivity index (χ2v) is 2.54. The van der Waals surface area contributed by atoms with E-state index in [1.54, 1.807) is 0 Å². The molecule has 0 aromatic rings. The van der Waals surface area contributed by atoms with Crippen LogP contribution in [0.15, 0.2) is 0 Å². The van der Waals surface area contributed by atoms with Crippen LogP contribution in [0.4, 0.5) is 0 Å². The van der Waals surface area contributed by atoms with E-state index < -0.39 is 5.97 Å². The van der Waals surface area contributed by atoms with Gasteiger partial charge in [0.2, 0.25) is 0 Å². The first kappa shape index (κ1) is 23.2. The maximum atomic E-state index is 9.92. The molecule has 0 spiro atoms. The van der Waals surface area contributed by atoms with Crippen molar-refractivity contribution in [3.05, 3.63) is 0 Å². The van der Waals surface area contributed by atoms with Gasteiger partial charge in [0.25, 0.3) is 0 Å². The van der Waals surface area contributed by atoms with Gasteiger partial charge in [-0.05, 0) is 12.8 Å². The number of hydrogen-bond donors (Lipinski definition) is 0. The average Bonchev–Trinajstić information content (AvgIpc) is 1.87. The molecule has 0 aliphatic heterocycles. The standard InChI is InChI=1S/C8H16O2.In.2H2O/c1-2-3-4-5-6-7-8(9)10;;;/h2-7H2,1H3,(H,9,10);;2*1H2/q;+3;;/p-3. The summed E-state index contributed by atoms with van der Waals surface area (Å²) in [5, 5.41) is 9.92. The van der Waals surface area contributed by atoms with Gasteiger partial charge in [0.15, 0.2) is 0 Å². The smallest absolute Gasteiger partial charge is 0.870 e. The summed E-state index contributed by atoms with van der Waals surface area (Å²) in [6.45, 7) is 2.14. The van der Waals surface area contributed by atoms with E-state index in [1.165, 1.54) is 12.8 Å². The number of carboxylic acid groups (broad SMARTS) is 1. The fourth-order valence-electron chi connectivity index (χ4n) is 0.873.